The lowest BCUT2D eigenvalue weighted by atomic mass is 10.0. The van der Waals surface area contributed by atoms with Gasteiger partial charge in [0.2, 0.25) is 0 Å². The second-order valence-electron chi connectivity index (χ2n) is 3.38. The average molecular weight is 212 g/mol. The van der Waals surface area contributed by atoms with Crippen molar-refractivity contribution in [3.05, 3.63) is 24.3 Å². The minimum absolute atomic E-state index is 0.0994. The van der Waals surface area contributed by atoms with E-state index in [9.17, 15) is 9.59 Å². The van der Waals surface area contributed by atoms with Gasteiger partial charge in [0.05, 0.1) is 6.42 Å². The van der Waals surface area contributed by atoms with E-state index in [-0.39, 0.29) is 12.8 Å². The van der Waals surface area contributed by atoms with Crippen LogP contribution in [0.4, 0.5) is 0 Å². The van der Waals surface area contributed by atoms with Crippen LogP contribution in [0.1, 0.15) is 32.1 Å². The standard InChI is InChI=1S/C11H16O4/c1-8(9(2)7-11(14)15)5-3-4-6-10(12)13/h1-7H2,(H,12,13)(H,14,15). The second-order valence-corrected chi connectivity index (χ2v) is 3.38. The number of hydrogen-bond donors (Lipinski definition) is 2. The topological polar surface area (TPSA) is 74.6 Å². The number of aliphatic carboxylic acids is 2. The molecule has 0 aromatic rings. The fraction of sp³-hybridized carbons (Fsp3) is 0.455. The van der Waals surface area contributed by atoms with E-state index in [2.05, 4.69) is 13.2 Å². The molecule has 0 aliphatic carbocycles. The molecule has 0 atom stereocenters. The van der Waals surface area contributed by atoms with E-state index < -0.39 is 11.9 Å². The first-order valence-corrected chi connectivity index (χ1v) is 4.73. The molecule has 4 nitrogen and oxygen atoms in total. The Kier molecular flexibility index (Phi) is 6.09. The SMILES string of the molecule is C=C(CCCCC(=O)O)C(=C)CC(=O)O. The van der Waals surface area contributed by atoms with Crippen LogP contribution in [-0.2, 0) is 9.59 Å². The lowest BCUT2D eigenvalue weighted by molar-refractivity contribution is -0.137. The number of hydrogen-bond acceptors (Lipinski definition) is 2. The first kappa shape index (κ1) is 13.4. The van der Waals surface area contributed by atoms with Crippen LogP contribution in [0.3, 0.4) is 0 Å². The van der Waals surface area contributed by atoms with Gasteiger partial charge in [0.25, 0.3) is 0 Å². The minimum Gasteiger partial charge on any atom is -0.481 e. The molecular formula is C11H16O4. The van der Waals surface area contributed by atoms with Crippen molar-refractivity contribution >= 4 is 11.9 Å². The fourth-order valence-corrected chi connectivity index (χ4v) is 1.10. The summed E-state index contributed by atoms with van der Waals surface area (Å²) in [6.07, 6.45) is 1.92. The largest absolute Gasteiger partial charge is 0.481 e. The maximum Gasteiger partial charge on any atom is 0.307 e. The maximum atomic E-state index is 10.4. The molecule has 0 heterocycles. The van der Waals surface area contributed by atoms with Crippen molar-refractivity contribution in [2.24, 2.45) is 0 Å². The Hall–Kier alpha value is -1.58. The van der Waals surface area contributed by atoms with Gasteiger partial charge in [0.15, 0.2) is 0 Å². The molecule has 0 radical (unpaired) electrons. The van der Waals surface area contributed by atoms with Gasteiger partial charge in [-0.15, -0.1) is 0 Å². The Morgan fingerprint density at radius 1 is 0.867 bits per heavy atom. The molecule has 0 saturated heterocycles. The van der Waals surface area contributed by atoms with Gasteiger partial charge in [-0.3, -0.25) is 9.59 Å². The molecule has 0 rings (SSSR count). The number of carboxylic acid groups (broad SMARTS) is 2. The number of carboxylic acids is 2. The molecule has 0 spiro atoms. The van der Waals surface area contributed by atoms with Gasteiger partial charge in [0.1, 0.15) is 0 Å². The lowest BCUT2D eigenvalue weighted by Crippen LogP contribution is -1.99. The van der Waals surface area contributed by atoms with Gasteiger partial charge in [-0.2, -0.15) is 0 Å². The molecule has 0 aliphatic rings. The van der Waals surface area contributed by atoms with Crippen LogP contribution in [0.2, 0.25) is 0 Å². The normalized spacial score (nSPS) is 9.60. The van der Waals surface area contributed by atoms with Crippen molar-refractivity contribution in [1.82, 2.24) is 0 Å². The zero-order valence-electron chi connectivity index (χ0n) is 8.66. The molecule has 0 aromatic heterocycles. The molecule has 0 aromatic carbocycles. The molecule has 0 saturated carbocycles. The molecule has 0 amide bonds. The van der Waals surface area contributed by atoms with E-state index >= 15 is 0 Å². The first-order valence-electron chi connectivity index (χ1n) is 4.73. The maximum absolute atomic E-state index is 10.4. The number of carbonyl (C=O) groups is 2. The molecule has 4 heteroatoms. The van der Waals surface area contributed by atoms with Gasteiger partial charge in [0, 0.05) is 6.42 Å². The molecule has 0 fully saturated rings. The summed E-state index contributed by atoms with van der Waals surface area (Å²) >= 11 is 0. The third kappa shape index (κ3) is 7.49. The summed E-state index contributed by atoms with van der Waals surface area (Å²) in [5, 5.41) is 16.9. The summed E-state index contributed by atoms with van der Waals surface area (Å²) in [6, 6.07) is 0. The highest BCUT2D eigenvalue weighted by Gasteiger charge is 2.05. The Balaban J connectivity index is 3.69. The van der Waals surface area contributed by atoms with E-state index in [0.717, 1.165) is 0 Å². The third-order valence-electron chi connectivity index (χ3n) is 1.98. The number of allylic oxidation sites excluding steroid dienone is 1. The van der Waals surface area contributed by atoms with Crippen LogP contribution >= 0.6 is 0 Å². The van der Waals surface area contributed by atoms with E-state index in [1.807, 2.05) is 0 Å². The van der Waals surface area contributed by atoms with Gasteiger partial charge in [-0.25, -0.2) is 0 Å². The predicted octanol–water partition coefficient (Wildman–Crippen LogP) is 2.22. The van der Waals surface area contributed by atoms with Crippen LogP contribution in [-0.4, -0.2) is 22.2 Å². The van der Waals surface area contributed by atoms with Crippen LogP contribution < -0.4 is 0 Å². The quantitative estimate of drug-likeness (QED) is 0.478. The zero-order chi connectivity index (χ0) is 11.8. The van der Waals surface area contributed by atoms with E-state index in [1.165, 1.54) is 0 Å². The summed E-state index contributed by atoms with van der Waals surface area (Å²) in [5.74, 6) is -1.74. The summed E-state index contributed by atoms with van der Waals surface area (Å²) < 4.78 is 0. The molecule has 0 aliphatic heterocycles. The van der Waals surface area contributed by atoms with Crippen LogP contribution in [0.15, 0.2) is 24.3 Å². The van der Waals surface area contributed by atoms with Gasteiger partial charge in [-0.1, -0.05) is 18.7 Å². The Labute approximate surface area is 88.9 Å². The second kappa shape index (κ2) is 6.81. The van der Waals surface area contributed by atoms with E-state index in [1.54, 1.807) is 0 Å². The Morgan fingerprint density at radius 3 is 1.87 bits per heavy atom. The van der Waals surface area contributed by atoms with Crippen molar-refractivity contribution in [2.75, 3.05) is 0 Å². The summed E-state index contributed by atoms with van der Waals surface area (Å²) in [7, 11) is 0. The van der Waals surface area contributed by atoms with Crippen molar-refractivity contribution in [1.29, 1.82) is 0 Å². The fourth-order valence-electron chi connectivity index (χ4n) is 1.10. The molecular weight excluding hydrogens is 196 g/mol. The van der Waals surface area contributed by atoms with Crippen molar-refractivity contribution < 1.29 is 19.8 Å². The summed E-state index contributed by atoms with van der Waals surface area (Å²) in [4.78, 5) is 20.6. The highest BCUT2D eigenvalue weighted by atomic mass is 16.4. The monoisotopic (exact) mass is 212 g/mol. The molecule has 0 unspecified atom stereocenters. The van der Waals surface area contributed by atoms with Gasteiger partial charge < -0.3 is 10.2 Å². The zero-order valence-corrected chi connectivity index (χ0v) is 8.66. The average Bonchev–Trinajstić information content (AvgIpc) is 2.10. The molecule has 2 N–H and O–H groups in total. The van der Waals surface area contributed by atoms with E-state index in [0.29, 0.717) is 30.4 Å². The van der Waals surface area contributed by atoms with Gasteiger partial charge >= 0.3 is 11.9 Å². The number of unbranched alkanes of at least 4 members (excludes halogenated alkanes) is 1. The Bertz CT molecular complexity index is 278. The highest BCUT2D eigenvalue weighted by Crippen LogP contribution is 2.17. The van der Waals surface area contributed by atoms with Crippen LogP contribution in [0.25, 0.3) is 0 Å². The number of rotatable bonds is 8. The first-order chi connectivity index (χ1) is 6.93. The van der Waals surface area contributed by atoms with Gasteiger partial charge in [-0.05, 0) is 24.8 Å². The molecule has 15 heavy (non-hydrogen) atoms. The van der Waals surface area contributed by atoms with Crippen LogP contribution in [0, 0.1) is 0 Å². The van der Waals surface area contributed by atoms with Crippen LogP contribution in [0.5, 0.6) is 0 Å². The van der Waals surface area contributed by atoms with Crippen molar-refractivity contribution in [3.63, 3.8) is 0 Å². The highest BCUT2D eigenvalue weighted by molar-refractivity contribution is 5.71. The Morgan fingerprint density at radius 2 is 1.40 bits per heavy atom. The minimum atomic E-state index is -0.924. The molecule has 84 valence electrons. The summed E-state index contributed by atoms with van der Waals surface area (Å²) in [5.41, 5.74) is 1.21. The smallest absolute Gasteiger partial charge is 0.307 e. The van der Waals surface area contributed by atoms with Crippen molar-refractivity contribution in [3.8, 4) is 0 Å². The predicted molar refractivity (Wildman–Crippen MR) is 56.6 cm³/mol. The summed E-state index contributed by atoms with van der Waals surface area (Å²) in [6.45, 7) is 7.33. The molecule has 0 bridgehead atoms. The van der Waals surface area contributed by atoms with E-state index in [4.69, 9.17) is 10.2 Å². The lowest BCUT2D eigenvalue weighted by Gasteiger charge is -2.06. The third-order valence-corrected chi connectivity index (χ3v) is 1.98. The van der Waals surface area contributed by atoms with Crippen molar-refractivity contribution in [2.45, 2.75) is 32.1 Å².